The van der Waals surface area contributed by atoms with E-state index >= 15 is 0 Å². The van der Waals surface area contributed by atoms with Crippen LogP contribution in [0.3, 0.4) is 0 Å². The summed E-state index contributed by atoms with van der Waals surface area (Å²) in [6.45, 7) is 2.54. The summed E-state index contributed by atoms with van der Waals surface area (Å²) in [6.07, 6.45) is 2.29. The van der Waals surface area contributed by atoms with Crippen LogP contribution in [0.4, 0.5) is 10.5 Å². The standard InChI is InChI=1S/C14H15N3O3S/c1-2-10-4-5-11(21-10)8-16-14(20)17-9-3-6-12(13(18)19)15-7-9/h3-7H,2,8H2,1H3,(H,18,19)(H2,16,17,20). The minimum absolute atomic E-state index is 0.0633. The lowest BCUT2D eigenvalue weighted by molar-refractivity contribution is 0.0690. The van der Waals surface area contributed by atoms with Gasteiger partial charge in [-0.25, -0.2) is 14.6 Å². The lowest BCUT2D eigenvalue weighted by Crippen LogP contribution is -2.27. The number of carbonyl (C=O) groups is 2. The van der Waals surface area contributed by atoms with Crippen molar-refractivity contribution in [3.63, 3.8) is 0 Å². The zero-order valence-electron chi connectivity index (χ0n) is 11.4. The number of hydrogen-bond donors (Lipinski definition) is 3. The first-order valence-electron chi connectivity index (χ1n) is 6.40. The van der Waals surface area contributed by atoms with Crippen LogP contribution in [-0.2, 0) is 13.0 Å². The van der Waals surface area contributed by atoms with Crippen LogP contribution in [0.25, 0.3) is 0 Å². The van der Waals surface area contributed by atoms with E-state index in [1.165, 1.54) is 23.2 Å². The van der Waals surface area contributed by atoms with Gasteiger partial charge < -0.3 is 15.7 Å². The first-order valence-corrected chi connectivity index (χ1v) is 7.22. The normalized spacial score (nSPS) is 10.1. The monoisotopic (exact) mass is 305 g/mol. The van der Waals surface area contributed by atoms with Gasteiger partial charge in [-0.15, -0.1) is 11.3 Å². The summed E-state index contributed by atoms with van der Waals surface area (Å²) in [6, 6.07) is 6.52. The molecule has 0 saturated carbocycles. The van der Waals surface area contributed by atoms with Crippen molar-refractivity contribution >= 4 is 29.0 Å². The van der Waals surface area contributed by atoms with Crippen molar-refractivity contribution in [3.8, 4) is 0 Å². The second kappa shape index (κ2) is 6.85. The van der Waals surface area contributed by atoms with Gasteiger partial charge in [0.05, 0.1) is 18.4 Å². The van der Waals surface area contributed by atoms with Gasteiger partial charge in [-0.05, 0) is 30.7 Å². The molecule has 0 aliphatic carbocycles. The van der Waals surface area contributed by atoms with Gasteiger partial charge in [-0.3, -0.25) is 0 Å². The third-order valence-corrected chi connectivity index (χ3v) is 3.96. The highest BCUT2D eigenvalue weighted by Crippen LogP contribution is 2.16. The Kier molecular flexibility index (Phi) is 4.89. The Hall–Kier alpha value is -2.41. The summed E-state index contributed by atoms with van der Waals surface area (Å²) < 4.78 is 0. The van der Waals surface area contributed by atoms with Gasteiger partial charge in [0.2, 0.25) is 0 Å². The van der Waals surface area contributed by atoms with Crippen LogP contribution >= 0.6 is 11.3 Å². The van der Waals surface area contributed by atoms with Crippen molar-refractivity contribution in [1.82, 2.24) is 10.3 Å². The van der Waals surface area contributed by atoms with E-state index in [-0.39, 0.29) is 11.7 Å². The molecule has 2 aromatic rings. The third kappa shape index (κ3) is 4.28. The SMILES string of the molecule is CCc1ccc(CNC(=O)Nc2ccc(C(=O)O)nc2)s1. The highest BCUT2D eigenvalue weighted by atomic mass is 32.1. The molecule has 2 amide bonds. The summed E-state index contributed by atoms with van der Waals surface area (Å²) in [4.78, 5) is 28.5. The number of carboxylic acids is 1. The van der Waals surface area contributed by atoms with E-state index in [0.29, 0.717) is 12.2 Å². The van der Waals surface area contributed by atoms with Gasteiger partial charge in [0.1, 0.15) is 5.69 Å². The number of anilines is 1. The first kappa shape index (κ1) is 15.0. The average Bonchev–Trinajstić information content (AvgIpc) is 2.94. The fraction of sp³-hybridized carbons (Fsp3) is 0.214. The molecule has 6 nitrogen and oxygen atoms in total. The number of urea groups is 1. The van der Waals surface area contributed by atoms with Gasteiger partial charge in [0, 0.05) is 9.75 Å². The number of rotatable bonds is 5. The summed E-state index contributed by atoms with van der Waals surface area (Å²) >= 11 is 1.67. The Morgan fingerprint density at radius 3 is 2.57 bits per heavy atom. The lowest BCUT2D eigenvalue weighted by Gasteiger charge is -2.06. The average molecular weight is 305 g/mol. The van der Waals surface area contributed by atoms with E-state index in [9.17, 15) is 9.59 Å². The Morgan fingerprint density at radius 1 is 1.24 bits per heavy atom. The van der Waals surface area contributed by atoms with E-state index in [1.54, 1.807) is 11.3 Å². The summed E-state index contributed by atoms with van der Waals surface area (Å²) in [7, 11) is 0. The zero-order chi connectivity index (χ0) is 15.2. The predicted octanol–water partition coefficient (Wildman–Crippen LogP) is 2.73. The molecular weight excluding hydrogens is 290 g/mol. The topological polar surface area (TPSA) is 91.3 Å². The molecule has 0 fully saturated rings. The van der Waals surface area contributed by atoms with Crippen LogP contribution in [0, 0.1) is 0 Å². The molecule has 2 aromatic heterocycles. The second-order valence-electron chi connectivity index (χ2n) is 4.27. The maximum absolute atomic E-state index is 11.7. The highest BCUT2D eigenvalue weighted by molar-refractivity contribution is 7.11. The number of hydrogen-bond acceptors (Lipinski definition) is 4. The molecule has 0 spiro atoms. The van der Waals surface area contributed by atoms with Crippen LogP contribution in [0.5, 0.6) is 0 Å². The molecule has 2 rings (SSSR count). The van der Waals surface area contributed by atoms with Crippen LogP contribution in [-0.4, -0.2) is 22.1 Å². The molecule has 0 saturated heterocycles. The molecule has 3 N–H and O–H groups in total. The van der Waals surface area contributed by atoms with Crippen molar-refractivity contribution < 1.29 is 14.7 Å². The minimum Gasteiger partial charge on any atom is -0.477 e. The van der Waals surface area contributed by atoms with E-state index in [1.807, 2.05) is 12.1 Å². The molecule has 0 unspecified atom stereocenters. The molecule has 0 aromatic carbocycles. The predicted molar refractivity (Wildman–Crippen MR) is 80.8 cm³/mol. The number of carboxylic acid groups (broad SMARTS) is 1. The van der Waals surface area contributed by atoms with E-state index < -0.39 is 5.97 Å². The Labute approximate surface area is 125 Å². The fourth-order valence-corrected chi connectivity index (χ4v) is 2.54. The molecule has 0 atom stereocenters. The fourth-order valence-electron chi connectivity index (χ4n) is 1.64. The van der Waals surface area contributed by atoms with Gasteiger partial charge in [0.25, 0.3) is 0 Å². The first-order chi connectivity index (χ1) is 10.1. The molecule has 0 radical (unpaired) electrons. The zero-order valence-corrected chi connectivity index (χ0v) is 12.2. The van der Waals surface area contributed by atoms with Crippen molar-refractivity contribution in [3.05, 3.63) is 45.9 Å². The molecule has 0 aliphatic rings. The Morgan fingerprint density at radius 2 is 2.00 bits per heavy atom. The van der Waals surface area contributed by atoms with Crippen LogP contribution < -0.4 is 10.6 Å². The number of aromatic nitrogens is 1. The second-order valence-corrected chi connectivity index (χ2v) is 5.52. The van der Waals surface area contributed by atoms with E-state index in [4.69, 9.17) is 5.11 Å². The number of pyridine rings is 1. The minimum atomic E-state index is -1.10. The molecule has 2 heterocycles. The molecule has 0 aliphatic heterocycles. The number of nitrogens with one attached hydrogen (secondary N) is 2. The molecule has 0 bridgehead atoms. The summed E-state index contributed by atoms with van der Waals surface area (Å²) in [5, 5.41) is 14.1. The van der Waals surface area contributed by atoms with Crippen LogP contribution in [0.15, 0.2) is 30.5 Å². The Bertz CT molecular complexity index is 637. The molecule has 7 heteroatoms. The number of carbonyl (C=O) groups excluding carboxylic acids is 1. The number of thiophene rings is 1. The largest absolute Gasteiger partial charge is 0.477 e. The van der Waals surface area contributed by atoms with Gasteiger partial charge >= 0.3 is 12.0 Å². The van der Waals surface area contributed by atoms with Crippen molar-refractivity contribution in [2.45, 2.75) is 19.9 Å². The van der Waals surface area contributed by atoms with Crippen molar-refractivity contribution in [1.29, 1.82) is 0 Å². The van der Waals surface area contributed by atoms with Gasteiger partial charge in [0.15, 0.2) is 0 Å². The quantitative estimate of drug-likeness (QED) is 0.792. The smallest absolute Gasteiger partial charge is 0.354 e. The number of amides is 2. The van der Waals surface area contributed by atoms with Crippen molar-refractivity contribution in [2.75, 3.05) is 5.32 Å². The number of aryl methyl sites for hydroxylation is 1. The maximum atomic E-state index is 11.7. The van der Waals surface area contributed by atoms with Crippen molar-refractivity contribution in [2.24, 2.45) is 0 Å². The third-order valence-electron chi connectivity index (χ3n) is 2.73. The number of nitrogens with zero attached hydrogens (tertiary/aromatic N) is 1. The summed E-state index contributed by atoms with van der Waals surface area (Å²) in [5.74, 6) is -1.10. The summed E-state index contributed by atoms with van der Waals surface area (Å²) in [5.41, 5.74) is 0.379. The Balaban J connectivity index is 1.85. The highest BCUT2D eigenvalue weighted by Gasteiger charge is 2.06. The van der Waals surface area contributed by atoms with Crippen LogP contribution in [0.1, 0.15) is 27.2 Å². The molecule has 21 heavy (non-hydrogen) atoms. The van der Waals surface area contributed by atoms with Crippen LogP contribution in [0.2, 0.25) is 0 Å². The van der Waals surface area contributed by atoms with E-state index in [0.717, 1.165) is 11.3 Å². The molecular formula is C14H15N3O3S. The van der Waals surface area contributed by atoms with E-state index in [2.05, 4.69) is 22.5 Å². The van der Waals surface area contributed by atoms with Gasteiger partial charge in [-0.1, -0.05) is 6.92 Å². The maximum Gasteiger partial charge on any atom is 0.354 e. The lowest BCUT2D eigenvalue weighted by atomic mass is 10.3. The molecule has 110 valence electrons. The number of aromatic carboxylic acids is 1. The van der Waals surface area contributed by atoms with Gasteiger partial charge in [-0.2, -0.15) is 0 Å².